The first-order valence-corrected chi connectivity index (χ1v) is 7.21. The van der Waals surface area contributed by atoms with Crippen molar-refractivity contribution >= 4 is 0 Å². The molecule has 1 fully saturated rings. The molecule has 0 unspecified atom stereocenters. The van der Waals surface area contributed by atoms with Crippen molar-refractivity contribution in [3.05, 3.63) is 27.9 Å². The topological polar surface area (TPSA) is 58.2 Å². The molecular weight excluding hydrogens is 254 g/mol. The Balaban J connectivity index is 2.16. The highest BCUT2D eigenvalue weighted by molar-refractivity contribution is 5.04. The summed E-state index contributed by atoms with van der Waals surface area (Å²) in [5.74, 6) is 0.740. The Morgan fingerprint density at radius 1 is 1.50 bits per heavy atom. The molecule has 20 heavy (non-hydrogen) atoms. The summed E-state index contributed by atoms with van der Waals surface area (Å²) in [6, 6.07) is 1.62. The lowest BCUT2D eigenvalue weighted by molar-refractivity contribution is -0.0895. The summed E-state index contributed by atoms with van der Waals surface area (Å²) in [4.78, 5) is 21.2. The molecule has 0 amide bonds. The van der Waals surface area contributed by atoms with Gasteiger partial charge in [-0.05, 0) is 19.3 Å². The van der Waals surface area contributed by atoms with Crippen LogP contribution >= 0.6 is 0 Å². The standard InChI is InChI=1S/C15H25N3O2/c1-10-8-13(19)17-14(16-10)11(2)18-6-7-20-12(9-18)15(3,4)5/h8,11-12H,6-7,9H2,1-5H3,(H,16,17,19)/t11-,12+/m0/s1. The van der Waals surface area contributed by atoms with Gasteiger partial charge in [-0.25, -0.2) is 4.98 Å². The van der Waals surface area contributed by atoms with Crippen molar-refractivity contribution in [2.24, 2.45) is 5.41 Å². The van der Waals surface area contributed by atoms with Crippen LogP contribution in [0.2, 0.25) is 0 Å². The fourth-order valence-electron chi connectivity index (χ4n) is 2.52. The average molecular weight is 279 g/mol. The predicted molar refractivity (Wildman–Crippen MR) is 78.8 cm³/mol. The van der Waals surface area contributed by atoms with E-state index >= 15 is 0 Å². The molecule has 0 spiro atoms. The summed E-state index contributed by atoms with van der Waals surface area (Å²) in [6.07, 6.45) is 0.204. The third kappa shape index (κ3) is 3.46. The number of aromatic amines is 1. The molecular formula is C15H25N3O2. The SMILES string of the molecule is Cc1cc(=O)[nH]c([C@H](C)N2CCO[C@@H](C(C)(C)C)C2)n1. The van der Waals surface area contributed by atoms with Crippen molar-refractivity contribution in [3.63, 3.8) is 0 Å². The van der Waals surface area contributed by atoms with Gasteiger partial charge in [0.2, 0.25) is 0 Å². The van der Waals surface area contributed by atoms with E-state index in [9.17, 15) is 4.79 Å². The number of aryl methyl sites for hydroxylation is 1. The van der Waals surface area contributed by atoms with Crippen LogP contribution < -0.4 is 5.56 Å². The van der Waals surface area contributed by atoms with Crippen molar-refractivity contribution in [2.45, 2.75) is 46.8 Å². The molecule has 1 saturated heterocycles. The van der Waals surface area contributed by atoms with E-state index in [1.54, 1.807) is 0 Å². The number of rotatable bonds is 2. The number of morpholine rings is 1. The minimum absolute atomic E-state index is 0.0834. The van der Waals surface area contributed by atoms with Gasteiger partial charge in [-0.2, -0.15) is 0 Å². The Morgan fingerprint density at radius 2 is 2.20 bits per heavy atom. The van der Waals surface area contributed by atoms with Gasteiger partial charge >= 0.3 is 0 Å². The highest BCUT2D eigenvalue weighted by Crippen LogP contribution is 2.28. The molecule has 1 N–H and O–H groups in total. The first-order chi connectivity index (χ1) is 9.27. The number of H-pyrrole nitrogens is 1. The maximum atomic E-state index is 11.6. The second-order valence-corrected chi connectivity index (χ2v) is 6.67. The van der Waals surface area contributed by atoms with Crippen LogP contribution in [0.25, 0.3) is 0 Å². The van der Waals surface area contributed by atoms with E-state index in [4.69, 9.17) is 4.74 Å². The van der Waals surface area contributed by atoms with Crippen LogP contribution in [-0.2, 0) is 4.74 Å². The maximum absolute atomic E-state index is 11.6. The summed E-state index contributed by atoms with van der Waals surface area (Å²) >= 11 is 0. The Kier molecular flexibility index (Phi) is 4.30. The van der Waals surface area contributed by atoms with Gasteiger partial charge in [0.25, 0.3) is 5.56 Å². The quantitative estimate of drug-likeness (QED) is 0.898. The maximum Gasteiger partial charge on any atom is 0.251 e. The van der Waals surface area contributed by atoms with Crippen LogP contribution in [0.3, 0.4) is 0 Å². The third-order valence-corrected chi connectivity index (χ3v) is 3.90. The van der Waals surface area contributed by atoms with Crippen LogP contribution in [-0.4, -0.2) is 40.7 Å². The summed E-state index contributed by atoms with van der Waals surface area (Å²) in [7, 11) is 0. The molecule has 1 aromatic rings. The molecule has 1 aromatic heterocycles. The molecule has 1 aliphatic rings. The van der Waals surface area contributed by atoms with E-state index in [-0.39, 0.29) is 23.1 Å². The number of ether oxygens (including phenoxy) is 1. The van der Waals surface area contributed by atoms with Crippen molar-refractivity contribution < 1.29 is 4.74 Å². The number of hydrogen-bond acceptors (Lipinski definition) is 4. The second-order valence-electron chi connectivity index (χ2n) is 6.67. The van der Waals surface area contributed by atoms with Crippen LogP contribution in [0.1, 0.15) is 45.3 Å². The highest BCUT2D eigenvalue weighted by atomic mass is 16.5. The van der Waals surface area contributed by atoms with Gasteiger partial charge in [0.05, 0.1) is 18.8 Å². The van der Waals surface area contributed by atoms with Crippen molar-refractivity contribution in [3.8, 4) is 0 Å². The summed E-state index contributed by atoms with van der Waals surface area (Å²) in [5, 5.41) is 0. The van der Waals surface area contributed by atoms with Crippen LogP contribution in [0.4, 0.5) is 0 Å². The van der Waals surface area contributed by atoms with E-state index in [0.717, 1.165) is 31.2 Å². The van der Waals surface area contributed by atoms with Gasteiger partial charge in [0, 0.05) is 24.8 Å². The monoisotopic (exact) mass is 279 g/mol. The highest BCUT2D eigenvalue weighted by Gasteiger charge is 2.33. The first-order valence-electron chi connectivity index (χ1n) is 7.21. The zero-order valence-electron chi connectivity index (χ0n) is 13.1. The van der Waals surface area contributed by atoms with Crippen LogP contribution in [0, 0.1) is 12.3 Å². The van der Waals surface area contributed by atoms with Gasteiger partial charge in [-0.1, -0.05) is 20.8 Å². The van der Waals surface area contributed by atoms with Crippen LogP contribution in [0.15, 0.2) is 10.9 Å². The Bertz CT molecular complexity index is 519. The van der Waals surface area contributed by atoms with Gasteiger partial charge in [-0.3, -0.25) is 9.69 Å². The lowest BCUT2D eigenvalue weighted by atomic mass is 9.88. The summed E-state index contributed by atoms with van der Waals surface area (Å²) in [5.41, 5.74) is 0.794. The van der Waals surface area contributed by atoms with Gasteiger partial charge in [0.1, 0.15) is 5.82 Å². The molecule has 0 bridgehead atoms. The molecule has 5 heteroatoms. The zero-order valence-corrected chi connectivity index (χ0v) is 13.1. The summed E-state index contributed by atoms with van der Waals surface area (Å²) < 4.78 is 5.87. The number of hydrogen-bond donors (Lipinski definition) is 1. The van der Waals surface area contributed by atoms with E-state index in [1.807, 2.05) is 6.92 Å². The molecule has 2 heterocycles. The average Bonchev–Trinajstić information content (AvgIpc) is 2.36. The van der Waals surface area contributed by atoms with E-state index in [1.165, 1.54) is 6.07 Å². The predicted octanol–water partition coefficient (Wildman–Crippen LogP) is 1.89. The molecule has 0 radical (unpaired) electrons. The zero-order chi connectivity index (χ0) is 14.9. The van der Waals surface area contributed by atoms with Crippen molar-refractivity contribution in [1.29, 1.82) is 0 Å². The van der Waals surface area contributed by atoms with E-state index < -0.39 is 0 Å². The second kappa shape index (κ2) is 5.66. The van der Waals surface area contributed by atoms with Gasteiger partial charge < -0.3 is 9.72 Å². The fourth-order valence-corrected chi connectivity index (χ4v) is 2.52. The lowest BCUT2D eigenvalue weighted by Crippen LogP contribution is -2.49. The molecule has 0 aromatic carbocycles. The molecule has 2 atom stereocenters. The summed E-state index contributed by atoms with van der Waals surface area (Å²) in [6.45, 7) is 13.0. The number of aromatic nitrogens is 2. The van der Waals surface area contributed by atoms with E-state index in [2.05, 4.69) is 42.6 Å². The Morgan fingerprint density at radius 3 is 2.80 bits per heavy atom. The molecule has 0 saturated carbocycles. The normalized spacial score (nSPS) is 22.8. The fraction of sp³-hybridized carbons (Fsp3) is 0.733. The molecule has 112 valence electrons. The van der Waals surface area contributed by atoms with Crippen molar-refractivity contribution in [1.82, 2.24) is 14.9 Å². The number of nitrogens with zero attached hydrogens (tertiary/aromatic N) is 2. The van der Waals surface area contributed by atoms with Gasteiger partial charge in [0.15, 0.2) is 0 Å². The third-order valence-electron chi connectivity index (χ3n) is 3.90. The lowest BCUT2D eigenvalue weighted by Gasteiger charge is -2.41. The van der Waals surface area contributed by atoms with E-state index in [0.29, 0.717) is 0 Å². The Hall–Kier alpha value is -1.20. The number of nitrogens with one attached hydrogen (secondary N) is 1. The molecule has 5 nitrogen and oxygen atoms in total. The molecule has 0 aliphatic carbocycles. The molecule has 2 rings (SSSR count). The van der Waals surface area contributed by atoms with Crippen molar-refractivity contribution in [2.75, 3.05) is 19.7 Å². The first kappa shape index (κ1) is 15.2. The van der Waals surface area contributed by atoms with Gasteiger partial charge in [-0.15, -0.1) is 0 Å². The van der Waals surface area contributed by atoms with Crippen LogP contribution in [0.5, 0.6) is 0 Å². The Labute approximate surface area is 120 Å². The molecule has 1 aliphatic heterocycles. The largest absolute Gasteiger partial charge is 0.375 e. The minimum Gasteiger partial charge on any atom is -0.375 e. The minimum atomic E-state index is -0.0834. The smallest absolute Gasteiger partial charge is 0.251 e.